The highest BCUT2D eigenvalue weighted by Gasteiger charge is 2.17. The second kappa shape index (κ2) is 8.74. The first-order valence-corrected chi connectivity index (χ1v) is 9.47. The fraction of sp³-hybridized carbons (Fsp3) is 0.0870. The van der Waals surface area contributed by atoms with E-state index in [1.165, 1.54) is 35.3 Å². The molecule has 0 saturated carbocycles. The third-order valence-electron chi connectivity index (χ3n) is 4.65. The Labute approximate surface area is 177 Å². The van der Waals surface area contributed by atoms with Crippen LogP contribution in [0.15, 0.2) is 73.2 Å². The quantitative estimate of drug-likeness (QED) is 0.496. The Balaban J connectivity index is 1.43. The third-order valence-corrected chi connectivity index (χ3v) is 4.65. The SMILES string of the molecule is Cc1c(C(=O)NCc2ccc(Oc3cccnc3)c(F)c2)cnn1-c1ccccc1F. The molecule has 0 saturated heterocycles. The van der Waals surface area contributed by atoms with Crippen LogP contribution in [-0.4, -0.2) is 20.7 Å². The minimum atomic E-state index is -0.556. The first-order chi connectivity index (χ1) is 15.0. The lowest BCUT2D eigenvalue weighted by Crippen LogP contribution is -2.23. The summed E-state index contributed by atoms with van der Waals surface area (Å²) in [6.45, 7) is 1.78. The zero-order valence-electron chi connectivity index (χ0n) is 16.5. The van der Waals surface area contributed by atoms with Gasteiger partial charge in [0.1, 0.15) is 17.3 Å². The monoisotopic (exact) mass is 420 g/mol. The number of para-hydroxylation sites is 1. The van der Waals surface area contributed by atoms with Crippen molar-refractivity contribution in [2.75, 3.05) is 0 Å². The summed E-state index contributed by atoms with van der Waals surface area (Å²) < 4.78 is 35.2. The van der Waals surface area contributed by atoms with Crippen LogP contribution in [0.4, 0.5) is 8.78 Å². The second-order valence-corrected chi connectivity index (χ2v) is 6.75. The van der Waals surface area contributed by atoms with Crippen LogP contribution < -0.4 is 10.1 Å². The van der Waals surface area contributed by atoms with Gasteiger partial charge in [-0.25, -0.2) is 13.5 Å². The zero-order chi connectivity index (χ0) is 21.8. The molecule has 4 rings (SSSR count). The maximum Gasteiger partial charge on any atom is 0.255 e. The molecule has 6 nitrogen and oxygen atoms in total. The Morgan fingerprint density at radius 2 is 1.90 bits per heavy atom. The Morgan fingerprint density at radius 3 is 2.65 bits per heavy atom. The van der Waals surface area contributed by atoms with E-state index in [1.54, 1.807) is 49.5 Å². The van der Waals surface area contributed by atoms with Gasteiger partial charge in [-0.15, -0.1) is 0 Å². The molecule has 2 aromatic heterocycles. The molecular weight excluding hydrogens is 402 g/mol. The minimum Gasteiger partial charge on any atom is -0.453 e. The normalized spacial score (nSPS) is 10.7. The highest BCUT2D eigenvalue weighted by molar-refractivity contribution is 5.95. The fourth-order valence-electron chi connectivity index (χ4n) is 3.05. The number of carbonyl (C=O) groups is 1. The maximum atomic E-state index is 14.4. The Hall–Kier alpha value is -4.07. The van der Waals surface area contributed by atoms with Crippen LogP contribution in [0.5, 0.6) is 11.5 Å². The van der Waals surface area contributed by atoms with E-state index in [2.05, 4.69) is 15.4 Å². The zero-order valence-corrected chi connectivity index (χ0v) is 16.5. The van der Waals surface area contributed by atoms with Crippen LogP contribution in [0.1, 0.15) is 21.6 Å². The van der Waals surface area contributed by atoms with Gasteiger partial charge < -0.3 is 10.1 Å². The van der Waals surface area contributed by atoms with Gasteiger partial charge in [0.25, 0.3) is 5.91 Å². The van der Waals surface area contributed by atoms with Crippen molar-refractivity contribution in [1.82, 2.24) is 20.1 Å². The van der Waals surface area contributed by atoms with Crippen molar-refractivity contribution >= 4 is 5.91 Å². The van der Waals surface area contributed by atoms with Crippen molar-refractivity contribution in [1.29, 1.82) is 0 Å². The summed E-state index contributed by atoms with van der Waals surface area (Å²) >= 11 is 0. The molecule has 2 aromatic carbocycles. The van der Waals surface area contributed by atoms with E-state index in [1.807, 2.05) is 0 Å². The number of aromatic nitrogens is 3. The van der Waals surface area contributed by atoms with Crippen molar-refractivity contribution in [3.05, 3.63) is 102 Å². The molecule has 0 bridgehead atoms. The summed E-state index contributed by atoms with van der Waals surface area (Å²) in [4.78, 5) is 16.5. The van der Waals surface area contributed by atoms with Gasteiger partial charge in [0.15, 0.2) is 11.6 Å². The van der Waals surface area contributed by atoms with Gasteiger partial charge in [0, 0.05) is 12.7 Å². The van der Waals surface area contributed by atoms with Gasteiger partial charge in [-0.1, -0.05) is 18.2 Å². The lowest BCUT2D eigenvalue weighted by molar-refractivity contribution is 0.0950. The molecule has 0 spiro atoms. The molecule has 0 aliphatic heterocycles. The Bertz CT molecular complexity index is 1230. The van der Waals surface area contributed by atoms with Gasteiger partial charge in [-0.05, 0) is 48.9 Å². The van der Waals surface area contributed by atoms with E-state index in [0.29, 0.717) is 22.6 Å². The molecule has 4 aromatic rings. The standard InChI is InChI=1S/C23H18F2N4O2/c1-15-18(14-28-29(15)21-7-3-2-6-19(21)24)23(30)27-12-16-8-9-22(20(25)11-16)31-17-5-4-10-26-13-17/h2-11,13-14H,12H2,1H3,(H,27,30). The van der Waals surface area contributed by atoms with Crippen molar-refractivity contribution in [2.45, 2.75) is 13.5 Å². The van der Waals surface area contributed by atoms with Crippen LogP contribution in [0, 0.1) is 18.6 Å². The Kier molecular flexibility index (Phi) is 5.70. The van der Waals surface area contributed by atoms with E-state index in [-0.39, 0.29) is 18.0 Å². The first kappa shape index (κ1) is 20.2. The van der Waals surface area contributed by atoms with E-state index in [0.717, 1.165) is 0 Å². The van der Waals surface area contributed by atoms with E-state index < -0.39 is 17.5 Å². The number of nitrogens with one attached hydrogen (secondary N) is 1. The number of nitrogens with zero attached hydrogens (tertiary/aromatic N) is 3. The molecule has 0 atom stereocenters. The van der Waals surface area contributed by atoms with Crippen LogP contribution in [0.2, 0.25) is 0 Å². The lowest BCUT2D eigenvalue weighted by atomic mass is 10.2. The predicted octanol–water partition coefficient (Wildman–Crippen LogP) is 4.58. The number of benzene rings is 2. The summed E-state index contributed by atoms with van der Waals surface area (Å²) in [7, 11) is 0. The second-order valence-electron chi connectivity index (χ2n) is 6.75. The Morgan fingerprint density at radius 1 is 1.06 bits per heavy atom. The molecule has 31 heavy (non-hydrogen) atoms. The first-order valence-electron chi connectivity index (χ1n) is 9.47. The maximum absolute atomic E-state index is 14.4. The number of hydrogen-bond donors (Lipinski definition) is 1. The predicted molar refractivity (Wildman–Crippen MR) is 110 cm³/mol. The molecule has 0 fully saturated rings. The number of hydrogen-bond acceptors (Lipinski definition) is 4. The smallest absolute Gasteiger partial charge is 0.255 e. The number of rotatable bonds is 6. The molecule has 1 amide bonds. The molecule has 2 heterocycles. The van der Waals surface area contributed by atoms with Gasteiger partial charge in [0.05, 0.1) is 23.7 Å². The molecule has 8 heteroatoms. The molecule has 0 aliphatic carbocycles. The molecule has 0 unspecified atom stereocenters. The molecule has 156 valence electrons. The minimum absolute atomic E-state index is 0.0603. The van der Waals surface area contributed by atoms with Crippen molar-refractivity contribution in [2.24, 2.45) is 0 Å². The van der Waals surface area contributed by atoms with Crippen LogP contribution >= 0.6 is 0 Å². The number of halogens is 2. The molecule has 0 aliphatic rings. The number of carbonyl (C=O) groups excluding carboxylic acids is 1. The molecule has 0 radical (unpaired) electrons. The number of ether oxygens (including phenoxy) is 1. The van der Waals surface area contributed by atoms with Gasteiger partial charge in [0.2, 0.25) is 0 Å². The van der Waals surface area contributed by atoms with Gasteiger partial charge in [-0.3, -0.25) is 9.78 Å². The van der Waals surface area contributed by atoms with Crippen molar-refractivity contribution in [3.63, 3.8) is 0 Å². The van der Waals surface area contributed by atoms with Crippen molar-refractivity contribution in [3.8, 4) is 17.2 Å². The largest absolute Gasteiger partial charge is 0.453 e. The topological polar surface area (TPSA) is 69.0 Å². The molecule has 1 N–H and O–H groups in total. The van der Waals surface area contributed by atoms with Crippen molar-refractivity contribution < 1.29 is 18.3 Å². The average Bonchev–Trinajstić information content (AvgIpc) is 3.16. The van der Waals surface area contributed by atoms with Crippen LogP contribution in [-0.2, 0) is 6.54 Å². The highest BCUT2D eigenvalue weighted by atomic mass is 19.1. The number of amides is 1. The van der Waals surface area contributed by atoms with Crippen LogP contribution in [0.3, 0.4) is 0 Å². The van der Waals surface area contributed by atoms with E-state index >= 15 is 0 Å². The fourth-order valence-corrected chi connectivity index (χ4v) is 3.05. The summed E-state index contributed by atoms with van der Waals surface area (Å²) in [5.41, 5.74) is 1.61. The van der Waals surface area contributed by atoms with E-state index in [4.69, 9.17) is 4.74 Å². The van der Waals surface area contributed by atoms with Gasteiger partial charge in [-0.2, -0.15) is 5.10 Å². The summed E-state index contributed by atoms with van der Waals surface area (Å²) in [6.07, 6.45) is 4.46. The summed E-state index contributed by atoms with van der Waals surface area (Å²) in [6, 6.07) is 14.0. The average molecular weight is 420 g/mol. The molecular formula is C23H18F2N4O2. The van der Waals surface area contributed by atoms with E-state index in [9.17, 15) is 13.6 Å². The number of pyridine rings is 1. The lowest BCUT2D eigenvalue weighted by Gasteiger charge is -2.09. The highest BCUT2D eigenvalue weighted by Crippen LogP contribution is 2.24. The summed E-state index contributed by atoms with van der Waals surface area (Å²) in [5, 5.41) is 6.85. The summed E-state index contributed by atoms with van der Waals surface area (Å²) in [5.74, 6) is -0.907. The van der Waals surface area contributed by atoms with Crippen LogP contribution in [0.25, 0.3) is 5.69 Å². The van der Waals surface area contributed by atoms with Gasteiger partial charge >= 0.3 is 0 Å². The third kappa shape index (κ3) is 4.42.